The monoisotopic (exact) mass is 267 g/mol. The first kappa shape index (κ1) is 12.4. The second-order valence-electron chi connectivity index (χ2n) is 3.51. The number of nitrogens with zero attached hydrogens (tertiary/aromatic N) is 1. The molecule has 1 aromatic rings. The van der Waals surface area contributed by atoms with Gasteiger partial charge in [0.2, 0.25) is 0 Å². The lowest BCUT2D eigenvalue weighted by Crippen LogP contribution is -2.30. The summed E-state index contributed by atoms with van der Waals surface area (Å²) in [5.41, 5.74) is 0.266. The van der Waals surface area contributed by atoms with Gasteiger partial charge in [0.15, 0.2) is 5.75 Å². The van der Waals surface area contributed by atoms with Crippen LogP contribution in [0.2, 0.25) is 5.02 Å². The van der Waals surface area contributed by atoms with Crippen LogP contribution in [0.5, 0.6) is 11.5 Å². The van der Waals surface area contributed by atoms with E-state index < -0.39 is 11.8 Å². The molecule has 1 aliphatic rings. The highest BCUT2D eigenvalue weighted by Crippen LogP contribution is 2.40. The number of carbonyl (C=O) groups is 2. The number of halogens is 1. The molecule has 5 nitrogen and oxygen atoms in total. The molecule has 0 unspecified atom stereocenters. The fourth-order valence-corrected chi connectivity index (χ4v) is 1.96. The Morgan fingerprint density at radius 1 is 1.06 bits per heavy atom. The molecule has 94 valence electrons. The molecule has 0 saturated carbocycles. The molecule has 0 N–H and O–H groups in total. The summed E-state index contributed by atoms with van der Waals surface area (Å²) in [4.78, 5) is 24.3. The van der Waals surface area contributed by atoms with E-state index in [0.717, 1.165) is 4.90 Å². The van der Waals surface area contributed by atoms with E-state index >= 15 is 0 Å². The maximum absolute atomic E-state index is 11.6. The van der Waals surface area contributed by atoms with E-state index in [2.05, 4.69) is 0 Å². The Morgan fingerprint density at radius 2 is 1.67 bits per heavy atom. The largest absolute Gasteiger partial charge is 0.497 e. The number of benzene rings is 1. The highest BCUT2D eigenvalue weighted by molar-refractivity contribution is 6.34. The molecule has 0 bridgehead atoms. The standard InChI is InChI=1S/C12H10ClNO4/c1-17-7-5-8(13)12(18-2)9(6-7)14-10(15)3-4-11(14)16/h3-6H,1-2H3. The molecule has 1 aromatic carbocycles. The minimum Gasteiger partial charge on any atom is -0.497 e. The number of ether oxygens (including phenoxy) is 2. The number of amides is 2. The summed E-state index contributed by atoms with van der Waals surface area (Å²) >= 11 is 6.01. The van der Waals surface area contributed by atoms with Gasteiger partial charge in [-0.3, -0.25) is 9.59 Å². The van der Waals surface area contributed by atoms with Crippen LogP contribution in [-0.4, -0.2) is 26.0 Å². The van der Waals surface area contributed by atoms with E-state index in [9.17, 15) is 9.59 Å². The number of anilines is 1. The molecule has 0 spiro atoms. The van der Waals surface area contributed by atoms with Gasteiger partial charge >= 0.3 is 0 Å². The lowest BCUT2D eigenvalue weighted by molar-refractivity contribution is -0.120. The first-order valence-corrected chi connectivity index (χ1v) is 5.44. The van der Waals surface area contributed by atoms with E-state index in [0.29, 0.717) is 5.75 Å². The molecule has 0 radical (unpaired) electrons. The van der Waals surface area contributed by atoms with Crippen molar-refractivity contribution in [3.05, 3.63) is 29.3 Å². The van der Waals surface area contributed by atoms with Gasteiger partial charge in [0.25, 0.3) is 11.8 Å². The molecule has 2 rings (SSSR count). The fourth-order valence-electron chi connectivity index (χ4n) is 1.68. The van der Waals surface area contributed by atoms with Crippen LogP contribution in [0.25, 0.3) is 0 Å². The van der Waals surface area contributed by atoms with Gasteiger partial charge in [0.05, 0.1) is 24.9 Å². The van der Waals surface area contributed by atoms with Crippen molar-refractivity contribution < 1.29 is 19.1 Å². The smallest absolute Gasteiger partial charge is 0.258 e. The summed E-state index contributed by atoms with van der Waals surface area (Å²) in [5.74, 6) is -0.198. The van der Waals surface area contributed by atoms with Crippen molar-refractivity contribution in [1.29, 1.82) is 0 Å². The molecule has 0 aliphatic carbocycles. The van der Waals surface area contributed by atoms with Gasteiger partial charge in [-0.25, -0.2) is 4.90 Å². The predicted octanol–water partition coefficient (Wildman–Crippen LogP) is 1.79. The van der Waals surface area contributed by atoms with Gasteiger partial charge in [-0.2, -0.15) is 0 Å². The molecule has 18 heavy (non-hydrogen) atoms. The van der Waals surface area contributed by atoms with Crippen LogP contribution in [0.3, 0.4) is 0 Å². The summed E-state index contributed by atoms with van der Waals surface area (Å²) in [6, 6.07) is 3.07. The number of hydrogen-bond acceptors (Lipinski definition) is 4. The lowest BCUT2D eigenvalue weighted by Gasteiger charge is -2.19. The minimum atomic E-state index is -0.442. The van der Waals surface area contributed by atoms with Gasteiger partial charge < -0.3 is 9.47 Å². The maximum atomic E-state index is 11.6. The Bertz CT molecular complexity index is 535. The van der Waals surface area contributed by atoms with Crippen molar-refractivity contribution in [2.45, 2.75) is 0 Å². The number of hydrogen-bond donors (Lipinski definition) is 0. The zero-order valence-electron chi connectivity index (χ0n) is 9.77. The number of imide groups is 1. The Labute approximate surface area is 109 Å². The second-order valence-corrected chi connectivity index (χ2v) is 3.91. The summed E-state index contributed by atoms with van der Waals surface area (Å²) in [6.45, 7) is 0. The summed E-state index contributed by atoms with van der Waals surface area (Å²) in [7, 11) is 2.88. The first-order chi connectivity index (χ1) is 8.58. The van der Waals surface area contributed by atoms with Gasteiger partial charge in [0, 0.05) is 24.3 Å². The van der Waals surface area contributed by atoms with Gasteiger partial charge in [-0.05, 0) is 0 Å². The Hall–Kier alpha value is -2.01. The molecule has 1 aliphatic heterocycles. The van der Waals surface area contributed by atoms with Gasteiger partial charge in [-0.15, -0.1) is 0 Å². The second kappa shape index (κ2) is 4.70. The molecule has 2 amide bonds. The van der Waals surface area contributed by atoms with Crippen LogP contribution in [-0.2, 0) is 9.59 Å². The van der Waals surface area contributed by atoms with Crippen molar-refractivity contribution in [3.63, 3.8) is 0 Å². The van der Waals surface area contributed by atoms with Crippen LogP contribution in [0.15, 0.2) is 24.3 Å². The van der Waals surface area contributed by atoms with Gasteiger partial charge in [0.1, 0.15) is 5.75 Å². The van der Waals surface area contributed by atoms with Crippen molar-refractivity contribution in [3.8, 4) is 11.5 Å². The van der Waals surface area contributed by atoms with Crippen molar-refractivity contribution in [1.82, 2.24) is 0 Å². The fraction of sp³-hybridized carbons (Fsp3) is 0.167. The summed E-state index contributed by atoms with van der Waals surface area (Å²) in [5, 5.41) is 0.263. The average molecular weight is 268 g/mol. The molecule has 0 fully saturated rings. The van der Waals surface area contributed by atoms with E-state index in [1.807, 2.05) is 0 Å². The highest BCUT2D eigenvalue weighted by atomic mass is 35.5. The lowest BCUT2D eigenvalue weighted by atomic mass is 10.2. The average Bonchev–Trinajstić information content (AvgIpc) is 2.68. The Balaban J connectivity index is 2.58. The van der Waals surface area contributed by atoms with Crippen molar-refractivity contribution in [2.24, 2.45) is 0 Å². The van der Waals surface area contributed by atoms with Crippen LogP contribution in [0, 0.1) is 0 Å². The van der Waals surface area contributed by atoms with E-state index in [-0.39, 0.29) is 16.5 Å². The number of rotatable bonds is 3. The maximum Gasteiger partial charge on any atom is 0.258 e. The van der Waals surface area contributed by atoms with Crippen LogP contribution >= 0.6 is 11.6 Å². The Kier molecular flexibility index (Phi) is 3.25. The number of carbonyl (C=O) groups excluding carboxylic acids is 2. The molecule has 0 atom stereocenters. The van der Waals surface area contributed by atoms with E-state index in [4.69, 9.17) is 21.1 Å². The molecular weight excluding hydrogens is 258 g/mol. The zero-order valence-corrected chi connectivity index (χ0v) is 10.5. The van der Waals surface area contributed by atoms with Crippen LogP contribution in [0.1, 0.15) is 0 Å². The van der Waals surface area contributed by atoms with Crippen LogP contribution < -0.4 is 14.4 Å². The normalized spacial score (nSPS) is 14.3. The van der Waals surface area contributed by atoms with Crippen LogP contribution in [0.4, 0.5) is 5.69 Å². The topological polar surface area (TPSA) is 55.8 Å². The third-order valence-electron chi connectivity index (χ3n) is 2.49. The Morgan fingerprint density at radius 3 is 2.17 bits per heavy atom. The first-order valence-electron chi connectivity index (χ1n) is 5.06. The zero-order chi connectivity index (χ0) is 13.3. The van der Waals surface area contributed by atoms with Crippen molar-refractivity contribution >= 4 is 29.1 Å². The van der Waals surface area contributed by atoms with E-state index in [1.54, 1.807) is 6.07 Å². The molecule has 0 saturated heterocycles. The van der Waals surface area contributed by atoms with Crippen molar-refractivity contribution in [2.75, 3.05) is 19.1 Å². The van der Waals surface area contributed by atoms with Gasteiger partial charge in [-0.1, -0.05) is 11.6 Å². The SMILES string of the molecule is COc1cc(Cl)c(OC)c(N2C(=O)C=CC2=O)c1. The summed E-state index contributed by atoms with van der Waals surface area (Å²) in [6.07, 6.45) is 2.38. The molecular formula is C12H10ClNO4. The third kappa shape index (κ3) is 1.93. The number of methoxy groups -OCH3 is 2. The minimum absolute atomic E-state index is 0.253. The predicted molar refractivity (Wildman–Crippen MR) is 66.2 cm³/mol. The molecule has 6 heteroatoms. The quantitative estimate of drug-likeness (QED) is 0.784. The molecule has 1 heterocycles. The highest BCUT2D eigenvalue weighted by Gasteiger charge is 2.29. The third-order valence-corrected chi connectivity index (χ3v) is 2.77. The van der Waals surface area contributed by atoms with E-state index in [1.165, 1.54) is 32.4 Å². The molecule has 0 aromatic heterocycles. The summed E-state index contributed by atoms with van der Waals surface area (Å²) < 4.78 is 10.2.